The van der Waals surface area contributed by atoms with Gasteiger partial charge in [0.25, 0.3) is 5.91 Å². The molecule has 0 aliphatic carbocycles. The summed E-state index contributed by atoms with van der Waals surface area (Å²) >= 11 is 0. The van der Waals surface area contributed by atoms with Crippen LogP contribution in [-0.2, 0) is 22.6 Å². The molecular weight excluding hydrogens is 532 g/mol. The molecule has 0 spiro atoms. The number of fused-ring (bicyclic) bond motifs is 2. The van der Waals surface area contributed by atoms with Crippen LogP contribution < -0.4 is 10.6 Å². The number of carbonyl (C=O) groups is 3. The highest BCUT2D eigenvalue weighted by atomic mass is 16.2. The van der Waals surface area contributed by atoms with Gasteiger partial charge in [-0.05, 0) is 49.9 Å². The van der Waals surface area contributed by atoms with E-state index >= 15 is 0 Å². The molecule has 220 valence electrons. The molecule has 0 bridgehead atoms. The molecule has 0 radical (unpaired) electrons. The summed E-state index contributed by atoms with van der Waals surface area (Å²) in [7, 11) is 0. The molecule has 2 atom stereocenters. The van der Waals surface area contributed by atoms with Crippen molar-refractivity contribution in [2.24, 2.45) is 5.92 Å². The van der Waals surface area contributed by atoms with Crippen molar-refractivity contribution in [3.63, 3.8) is 0 Å². The summed E-state index contributed by atoms with van der Waals surface area (Å²) in [5.74, 6) is 1.36. The lowest BCUT2D eigenvalue weighted by atomic mass is 10.0. The number of carbonyl (C=O) groups excluding carboxylic acids is 3. The smallest absolute Gasteiger partial charge is 0.253 e. The SMILES string of the molecule is Cc1nc2n(n1)CCN(C(=O)c1ccc3nc(C)[nH]c3c1)CCCC(=O)N[C@@H](Cc1ccccc1)C(=O)N[C@@H]2C(C)C. The lowest BCUT2D eigenvalue weighted by molar-refractivity contribution is -0.129. The van der Waals surface area contributed by atoms with Crippen molar-refractivity contribution in [3.05, 3.63) is 77.1 Å². The number of hydrogen-bond donors (Lipinski definition) is 3. The number of H-pyrrole nitrogens is 1. The van der Waals surface area contributed by atoms with Crippen molar-refractivity contribution < 1.29 is 14.4 Å². The Kier molecular flexibility index (Phi) is 8.65. The molecule has 4 aromatic rings. The second kappa shape index (κ2) is 12.5. The zero-order valence-corrected chi connectivity index (χ0v) is 24.6. The van der Waals surface area contributed by atoms with Gasteiger partial charge in [0.2, 0.25) is 11.8 Å². The van der Waals surface area contributed by atoms with Crippen LogP contribution >= 0.6 is 0 Å². The molecule has 0 unspecified atom stereocenters. The molecule has 1 aliphatic heterocycles. The third-order valence-electron chi connectivity index (χ3n) is 7.53. The zero-order chi connectivity index (χ0) is 29.8. The molecule has 3 heterocycles. The monoisotopic (exact) mass is 570 g/mol. The fourth-order valence-corrected chi connectivity index (χ4v) is 5.39. The molecule has 0 saturated heterocycles. The van der Waals surface area contributed by atoms with Crippen LogP contribution in [0.2, 0.25) is 0 Å². The molecule has 2 aromatic carbocycles. The average Bonchev–Trinajstić information content (AvgIpc) is 3.52. The highest BCUT2D eigenvalue weighted by molar-refractivity contribution is 5.97. The van der Waals surface area contributed by atoms with Crippen molar-refractivity contribution in [1.82, 2.24) is 40.3 Å². The number of aryl methyl sites for hydroxylation is 2. The van der Waals surface area contributed by atoms with Crippen LogP contribution in [0.5, 0.6) is 0 Å². The van der Waals surface area contributed by atoms with Crippen molar-refractivity contribution in [2.45, 2.75) is 65.6 Å². The Morgan fingerprint density at radius 2 is 1.79 bits per heavy atom. The lowest BCUT2D eigenvalue weighted by Crippen LogP contribution is -2.50. The summed E-state index contributed by atoms with van der Waals surface area (Å²) in [5.41, 5.74) is 3.09. The summed E-state index contributed by atoms with van der Waals surface area (Å²) in [6.07, 6.45) is 0.984. The van der Waals surface area contributed by atoms with Crippen molar-refractivity contribution >= 4 is 28.8 Å². The number of nitrogens with one attached hydrogen (secondary N) is 3. The second-order valence-corrected chi connectivity index (χ2v) is 11.2. The maximum absolute atomic E-state index is 13.7. The van der Waals surface area contributed by atoms with E-state index in [4.69, 9.17) is 0 Å². The van der Waals surface area contributed by atoms with Crippen LogP contribution in [0.15, 0.2) is 48.5 Å². The molecule has 3 amide bonds. The normalized spacial score (nSPS) is 18.8. The standard InChI is InChI=1S/C31H38N8O3/c1-19(2)28-29-34-21(4)37-39(29)16-15-38(31(42)23-12-13-24-25(18-23)33-20(3)32-24)14-8-11-27(40)35-26(30(41)36-28)17-22-9-6-5-7-10-22/h5-7,9-10,12-13,18-19,26,28H,8,11,14-17H2,1-4H3,(H,32,33)(H,35,40)(H,36,41)/t26-,28+/m0/s1. The third kappa shape index (κ3) is 6.67. The number of aromatic nitrogens is 5. The number of benzene rings is 2. The number of hydrogen-bond acceptors (Lipinski definition) is 6. The van der Waals surface area contributed by atoms with Gasteiger partial charge in [0.15, 0.2) is 0 Å². The largest absolute Gasteiger partial charge is 0.344 e. The zero-order valence-electron chi connectivity index (χ0n) is 24.6. The maximum Gasteiger partial charge on any atom is 0.253 e. The molecule has 2 aromatic heterocycles. The van der Waals surface area contributed by atoms with Gasteiger partial charge in [-0.25, -0.2) is 14.6 Å². The first-order valence-electron chi connectivity index (χ1n) is 14.5. The summed E-state index contributed by atoms with van der Waals surface area (Å²) in [6.45, 7) is 8.85. The van der Waals surface area contributed by atoms with Crippen LogP contribution in [0.1, 0.15) is 66.1 Å². The van der Waals surface area contributed by atoms with Crippen LogP contribution in [0, 0.1) is 19.8 Å². The van der Waals surface area contributed by atoms with Crippen LogP contribution in [0.25, 0.3) is 11.0 Å². The van der Waals surface area contributed by atoms with E-state index in [0.29, 0.717) is 49.7 Å². The number of nitrogens with zero attached hydrogens (tertiary/aromatic N) is 5. The van der Waals surface area contributed by atoms with Gasteiger partial charge in [0, 0.05) is 31.5 Å². The molecule has 5 rings (SSSR count). The molecule has 11 heteroatoms. The van der Waals surface area contributed by atoms with Gasteiger partial charge in [-0.2, -0.15) is 5.10 Å². The number of amides is 3. The molecule has 42 heavy (non-hydrogen) atoms. The van der Waals surface area contributed by atoms with Gasteiger partial charge in [-0.1, -0.05) is 44.2 Å². The first-order chi connectivity index (χ1) is 20.2. The Labute approximate surface area is 245 Å². The first-order valence-corrected chi connectivity index (χ1v) is 14.5. The van der Waals surface area contributed by atoms with Crippen molar-refractivity contribution in [2.75, 3.05) is 13.1 Å². The minimum Gasteiger partial charge on any atom is -0.344 e. The number of imidazole rings is 1. The minimum absolute atomic E-state index is 0.000364. The summed E-state index contributed by atoms with van der Waals surface area (Å²) in [6, 6.07) is 13.9. The predicted octanol–water partition coefficient (Wildman–Crippen LogP) is 3.25. The Morgan fingerprint density at radius 3 is 2.55 bits per heavy atom. The Morgan fingerprint density at radius 1 is 1.00 bits per heavy atom. The molecule has 3 N–H and O–H groups in total. The van der Waals surface area contributed by atoms with E-state index in [1.165, 1.54) is 0 Å². The Bertz CT molecular complexity index is 1580. The van der Waals surface area contributed by atoms with E-state index in [1.807, 2.05) is 70.2 Å². The van der Waals surface area contributed by atoms with Crippen LogP contribution in [0.4, 0.5) is 0 Å². The summed E-state index contributed by atoms with van der Waals surface area (Å²) in [4.78, 5) is 54.5. The number of aromatic amines is 1. The van der Waals surface area contributed by atoms with Gasteiger partial charge in [0.05, 0.1) is 23.6 Å². The van der Waals surface area contributed by atoms with Crippen molar-refractivity contribution in [1.29, 1.82) is 0 Å². The van der Waals surface area contributed by atoms with E-state index in [1.54, 1.807) is 15.6 Å². The van der Waals surface area contributed by atoms with E-state index < -0.39 is 12.1 Å². The van der Waals surface area contributed by atoms with E-state index in [2.05, 4.69) is 30.7 Å². The molecule has 0 saturated carbocycles. The molecule has 0 fully saturated rings. The lowest BCUT2D eigenvalue weighted by Gasteiger charge is -2.28. The van der Waals surface area contributed by atoms with Gasteiger partial charge in [0.1, 0.15) is 23.5 Å². The van der Waals surface area contributed by atoms with E-state index in [-0.39, 0.29) is 30.1 Å². The summed E-state index contributed by atoms with van der Waals surface area (Å²) < 4.78 is 1.79. The topological polar surface area (TPSA) is 138 Å². The second-order valence-electron chi connectivity index (χ2n) is 11.2. The van der Waals surface area contributed by atoms with Crippen LogP contribution in [0.3, 0.4) is 0 Å². The first kappa shape index (κ1) is 29.0. The third-order valence-corrected chi connectivity index (χ3v) is 7.53. The highest BCUT2D eigenvalue weighted by Gasteiger charge is 2.30. The Balaban J connectivity index is 1.45. The van der Waals surface area contributed by atoms with Crippen LogP contribution in [-0.4, -0.2) is 66.5 Å². The molecular formula is C31H38N8O3. The fraction of sp³-hybridized carbons (Fsp3) is 0.419. The molecule has 11 nitrogen and oxygen atoms in total. The number of rotatable bonds is 4. The molecule has 1 aliphatic rings. The van der Waals surface area contributed by atoms with Gasteiger partial charge in [-0.3, -0.25) is 14.4 Å². The quantitative estimate of drug-likeness (QED) is 0.344. The van der Waals surface area contributed by atoms with Gasteiger partial charge >= 0.3 is 0 Å². The predicted molar refractivity (Wildman–Crippen MR) is 159 cm³/mol. The summed E-state index contributed by atoms with van der Waals surface area (Å²) in [5, 5.41) is 10.7. The van der Waals surface area contributed by atoms with E-state index in [9.17, 15) is 14.4 Å². The van der Waals surface area contributed by atoms with Gasteiger partial charge < -0.3 is 20.5 Å². The van der Waals surface area contributed by atoms with Crippen molar-refractivity contribution in [3.8, 4) is 0 Å². The Hall–Kier alpha value is -4.54. The average molecular weight is 571 g/mol. The maximum atomic E-state index is 13.7. The van der Waals surface area contributed by atoms with E-state index in [0.717, 1.165) is 22.4 Å². The fourth-order valence-electron chi connectivity index (χ4n) is 5.39. The van der Waals surface area contributed by atoms with Gasteiger partial charge in [-0.15, -0.1) is 0 Å². The highest BCUT2D eigenvalue weighted by Crippen LogP contribution is 2.22. The minimum atomic E-state index is -0.760.